The highest BCUT2D eigenvalue weighted by Gasteiger charge is 2.28. The number of allylic oxidation sites excluding steroid dienone is 2. The van der Waals surface area contributed by atoms with Gasteiger partial charge in [0.05, 0.1) is 11.1 Å². The van der Waals surface area contributed by atoms with Gasteiger partial charge in [0.1, 0.15) is 11.5 Å². The number of carbonyl (C=O) groups is 2. The van der Waals surface area contributed by atoms with Crippen LogP contribution in [0.2, 0.25) is 0 Å². The van der Waals surface area contributed by atoms with Gasteiger partial charge in [0.25, 0.3) is 0 Å². The van der Waals surface area contributed by atoms with Gasteiger partial charge in [0.15, 0.2) is 5.76 Å². The van der Waals surface area contributed by atoms with Crippen LogP contribution < -0.4 is 9.47 Å². The Kier molecular flexibility index (Phi) is 3.47. The van der Waals surface area contributed by atoms with Crippen molar-refractivity contribution in [3.05, 3.63) is 65.2 Å². The normalized spacial score (nSPS) is 12.6. The molecule has 1 aromatic carbocycles. The number of nitrogens with zero attached hydrogens (tertiary/aromatic N) is 1. The SMILES string of the molecule is CC(C)=C1Oc2cc(OC(=O)c3cccnc3)ccc2C1=O. The van der Waals surface area contributed by atoms with Crippen LogP contribution in [-0.2, 0) is 0 Å². The molecule has 0 unspecified atom stereocenters. The Morgan fingerprint density at radius 1 is 1.23 bits per heavy atom. The van der Waals surface area contributed by atoms with Crippen molar-refractivity contribution in [3.63, 3.8) is 0 Å². The van der Waals surface area contributed by atoms with Crippen LogP contribution in [0.5, 0.6) is 11.5 Å². The average Bonchev–Trinajstić information content (AvgIpc) is 2.85. The lowest BCUT2D eigenvalue weighted by Crippen LogP contribution is -2.08. The summed E-state index contributed by atoms with van der Waals surface area (Å²) in [5.41, 5.74) is 1.62. The zero-order valence-corrected chi connectivity index (χ0v) is 12.1. The summed E-state index contributed by atoms with van der Waals surface area (Å²) in [4.78, 5) is 27.9. The van der Waals surface area contributed by atoms with E-state index in [-0.39, 0.29) is 5.78 Å². The van der Waals surface area contributed by atoms with Crippen molar-refractivity contribution in [1.29, 1.82) is 0 Å². The number of carbonyl (C=O) groups excluding carboxylic acids is 2. The fourth-order valence-electron chi connectivity index (χ4n) is 2.10. The molecule has 1 aliphatic rings. The first-order valence-electron chi connectivity index (χ1n) is 6.72. The molecule has 5 nitrogen and oxygen atoms in total. The maximum Gasteiger partial charge on any atom is 0.345 e. The number of benzene rings is 1. The fraction of sp³-hybridized carbons (Fsp3) is 0.118. The zero-order chi connectivity index (χ0) is 15.7. The minimum Gasteiger partial charge on any atom is -0.452 e. The molecule has 0 amide bonds. The van der Waals surface area contributed by atoms with Crippen molar-refractivity contribution < 1.29 is 19.1 Å². The number of fused-ring (bicyclic) bond motifs is 1. The molecule has 0 bridgehead atoms. The number of pyridine rings is 1. The Morgan fingerprint density at radius 2 is 2.05 bits per heavy atom. The lowest BCUT2D eigenvalue weighted by Gasteiger charge is -2.05. The molecule has 0 aliphatic carbocycles. The summed E-state index contributed by atoms with van der Waals surface area (Å²) in [5.74, 6) is 0.374. The maximum atomic E-state index is 12.1. The van der Waals surface area contributed by atoms with E-state index in [1.807, 2.05) is 13.8 Å². The number of ketones is 1. The quantitative estimate of drug-likeness (QED) is 0.483. The van der Waals surface area contributed by atoms with Gasteiger partial charge in [-0.2, -0.15) is 0 Å². The van der Waals surface area contributed by atoms with Crippen molar-refractivity contribution in [1.82, 2.24) is 4.98 Å². The number of hydrogen-bond acceptors (Lipinski definition) is 5. The number of aromatic nitrogens is 1. The third-order valence-electron chi connectivity index (χ3n) is 3.18. The van der Waals surface area contributed by atoms with E-state index in [4.69, 9.17) is 9.47 Å². The molecule has 0 N–H and O–H groups in total. The summed E-state index contributed by atoms with van der Waals surface area (Å²) in [6, 6.07) is 7.98. The van der Waals surface area contributed by atoms with Crippen LogP contribution in [0.3, 0.4) is 0 Å². The molecule has 2 aromatic rings. The largest absolute Gasteiger partial charge is 0.452 e. The molecule has 0 fully saturated rings. The first-order valence-corrected chi connectivity index (χ1v) is 6.72. The fourth-order valence-corrected chi connectivity index (χ4v) is 2.10. The highest BCUT2D eigenvalue weighted by Crippen LogP contribution is 2.35. The Hall–Kier alpha value is -2.95. The second-order valence-corrected chi connectivity index (χ2v) is 5.05. The molecule has 3 rings (SSSR count). The molecule has 0 radical (unpaired) electrons. The minimum atomic E-state index is -0.514. The molecule has 0 saturated carbocycles. The Labute approximate surface area is 127 Å². The molecule has 110 valence electrons. The van der Waals surface area contributed by atoms with E-state index < -0.39 is 5.97 Å². The van der Waals surface area contributed by atoms with Crippen molar-refractivity contribution in [3.8, 4) is 11.5 Å². The first kappa shape index (κ1) is 14.0. The first-order chi connectivity index (χ1) is 10.6. The third-order valence-corrected chi connectivity index (χ3v) is 3.18. The highest BCUT2D eigenvalue weighted by molar-refractivity contribution is 6.12. The Morgan fingerprint density at radius 3 is 2.73 bits per heavy atom. The van der Waals surface area contributed by atoms with Crippen molar-refractivity contribution in [2.24, 2.45) is 0 Å². The topological polar surface area (TPSA) is 65.5 Å². The number of rotatable bonds is 2. The predicted molar refractivity (Wildman–Crippen MR) is 79.0 cm³/mol. The standard InChI is InChI=1S/C17H13NO4/c1-10(2)16-15(19)13-6-5-12(8-14(13)22-16)21-17(20)11-4-3-7-18-9-11/h3-9H,1-2H3. The van der Waals surface area contributed by atoms with Crippen LogP contribution in [0.25, 0.3) is 0 Å². The molecule has 5 heteroatoms. The van der Waals surface area contributed by atoms with E-state index in [0.717, 1.165) is 5.57 Å². The minimum absolute atomic E-state index is 0.153. The molecule has 1 aliphatic heterocycles. The number of ether oxygens (including phenoxy) is 2. The van der Waals surface area contributed by atoms with Gasteiger partial charge in [0.2, 0.25) is 5.78 Å². The predicted octanol–water partition coefficient (Wildman–Crippen LogP) is 3.17. The summed E-state index contributed by atoms with van der Waals surface area (Å²) in [5, 5.41) is 0. The third kappa shape index (κ3) is 2.48. The lowest BCUT2D eigenvalue weighted by atomic mass is 10.1. The molecule has 0 spiro atoms. The Balaban J connectivity index is 1.85. The molecular formula is C17H13NO4. The maximum absolute atomic E-state index is 12.1. The summed E-state index contributed by atoms with van der Waals surface area (Å²) in [6.07, 6.45) is 3.00. The van der Waals surface area contributed by atoms with Crippen LogP contribution in [0.15, 0.2) is 54.1 Å². The van der Waals surface area contributed by atoms with Gasteiger partial charge in [-0.3, -0.25) is 9.78 Å². The summed E-state index contributed by atoms with van der Waals surface area (Å²) >= 11 is 0. The highest BCUT2D eigenvalue weighted by atomic mass is 16.5. The van der Waals surface area contributed by atoms with Crippen LogP contribution in [0.1, 0.15) is 34.6 Å². The van der Waals surface area contributed by atoms with Gasteiger partial charge < -0.3 is 9.47 Å². The number of Topliss-reactive ketones (excluding diaryl/α,β-unsaturated/α-hetero) is 1. The average molecular weight is 295 g/mol. The molecule has 2 heterocycles. The van der Waals surface area contributed by atoms with Crippen LogP contribution in [0, 0.1) is 0 Å². The summed E-state index contributed by atoms with van der Waals surface area (Å²) in [7, 11) is 0. The van der Waals surface area contributed by atoms with E-state index in [0.29, 0.717) is 28.4 Å². The second kappa shape index (κ2) is 5.44. The van der Waals surface area contributed by atoms with Crippen LogP contribution in [-0.4, -0.2) is 16.7 Å². The second-order valence-electron chi connectivity index (χ2n) is 5.05. The molecule has 0 atom stereocenters. The van der Waals surface area contributed by atoms with E-state index in [1.54, 1.807) is 30.5 Å². The van der Waals surface area contributed by atoms with Crippen LogP contribution in [0.4, 0.5) is 0 Å². The zero-order valence-electron chi connectivity index (χ0n) is 12.1. The van der Waals surface area contributed by atoms with Gasteiger partial charge in [0, 0.05) is 18.5 Å². The molecule has 1 aromatic heterocycles. The van der Waals surface area contributed by atoms with Gasteiger partial charge in [-0.25, -0.2) is 4.79 Å². The van der Waals surface area contributed by atoms with E-state index >= 15 is 0 Å². The van der Waals surface area contributed by atoms with Crippen LogP contribution >= 0.6 is 0 Å². The van der Waals surface area contributed by atoms with E-state index in [9.17, 15) is 9.59 Å². The van der Waals surface area contributed by atoms with E-state index in [2.05, 4.69) is 4.98 Å². The van der Waals surface area contributed by atoms with E-state index in [1.165, 1.54) is 12.3 Å². The van der Waals surface area contributed by atoms with Gasteiger partial charge in [-0.1, -0.05) is 0 Å². The Bertz CT molecular complexity index is 790. The van der Waals surface area contributed by atoms with Crippen molar-refractivity contribution in [2.75, 3.05) is 0 Å². The summed E-state index contributed by atoms with van der Waals surface area (Å²) in [6.45, 7) is 3.62. The molecule has 22 heavy (non-hydrogen) atoms. The smallest absolute Gasteiger partial charge is 0.345 e. The summed E-state index contributed by atoms with van der Waals surface area (Å²) < 4.78 is 10.8. The number of hydrogen-bond donors (Lipinski definition) is 0. The monoisotopic (exact) mass is 295 g/mol. The lowest BCUT2D eigenvalue weighted by molar-refractivity contribution is 0.0734. The van der Waals surface area contributed by atoms with Crippen molar-refractivity contribution in [2.45, 2.75) is 13.8 Å². The van der Waals surface area contributed by atoms with Gasteiger partial charge in [-0.05, 0) is 43.7 Å². The number of esters is 1. The molecule has 0 saturated heterocycles. The van der Waals surface area contributed by atoms with Gasteiger partial charge >= 0.3 is 5.97 Å². The molecular weight excluding hydrogens is 282 g/mol. The van der Waals surface area contributed by atoms with Crippen molar-refractivity contribution >= 4 is 11.8 Å². The van der Waals surface area contributed by atoms with Gasteiger partial charge in [-0.15, -0.1) is 0 Å².